The molecule has 1 unspecified atom stereocenters. The van der Waals surface area contributed by atoms with Crippen molar-refractivity contribution in [1.29, 1.82) is 0 Å². The molecule has 4 rings (SSSR count). The van der Waals surface area contributed by atoms with Gasteiger partial charge in [0.25, 0.3) is 0 Å². The van der Waals surface area contributed by atoms with E-state index in [1.807, 2.05) is 18.2 Å². The van der Waals surface area contributed by atoms with Gasteiger partial charge in [-0.2, -0.15) is 0 Å². The van der Waals surface area contributed by atoms with Gasteiger partial charge in [0.2, 0.25) is 5.91 Å². The van der Waals surface area contributed by atoms with Gasteiger partial charge in [-0.05, 0) is 35.4 Å². The number of nitrogens with one attached hydrogen (secondary N) is 2. The van der Waals surface area contributed by atoms with E-state index in [0.717, 1.165) is 5.56 Å². The molecule has 0 radical (unpaired) electrons. The van der Waals surface area contributed by atoms with E-state index in [2.05, 4.69) is 10.6 Å². The molecule has 1 amide bonds. The van der Waals surface area contributed by atoms with Gasteiger partial charge in [0, 0.05) is 29.7 Å². The summed E-state index contributed by atoms with van der Waals surface area (Å²) in [6.07, 6.45) is 0. The van der Waals surface area contributed by atoms with Gasteiger partial charge in [-0.3, -0.25) is 4.79 Å². The quantitative estimate of drug-likeness (QED) is 0.823. The van der Waals surface area contributed by atoms with Crippen LogP contribution in [0.4, 0.5) is 10.1 Å². The fourth-order valence-electron chi connectivity index (χ4n) is 3.73. The Balaban J connectivity index is 1.90. The van der Waals surface area contributed by atoms with Gasteiger partial charge in [0.1, 0.15) is 5.82 Å². The molecule has 0 aliphatic carbocycles. The smallest absolute Gasteiger partial charge is 0.237 e. The topological polar surface area (TPSA) is 41.1 Å². The zero-order chi connectivity index (χ0) is 16.2. The summed E-state index contributed by atoms with van der Waals surface area (Å²) in [5.41, 5.74) is 1.35. The van der Waals surface area contributed by atoms with Gasteiger partial charge in [-0.1, -0.05) is 35.3 Å². The Hall–Kier alpha value is -1.62. The minimum absolute atomic E-state index is 0.00589. The van der Waals surface area contributed by atoms with Gasteiger partial charge in [0.05, 0.1) is 10.4 Å². The van der Waals surface area contributed by atoms with Crippen LogP contribution < -0.4 is 10.6 Å². The van der Waals surface area contributed by atoms with Crippen molar-refractivity contribution in [3.8, 4) is 0 Å². The van der Waals surface area contributed by atoms with Crippen LogP contribution >= 0.6 is 23.2 Å². The minimum atomic E-state index is -0.842. The molecular formula is C17H13Cl2FN2O. The van der Waals surface area contributed by atoms with Crippen LogP contribution in [0.25, 0.3) is 0 Å². The number of hydrogen-bond donors (Lipinski definition) is 2. The molecule has 1 spiro atoms. The number of benzene rings is 2. The zero-order valence-corrected chi connectivity index (χ0v) is 13.5. The molecule has 2 heterocycles. The Kier molecular flexibility index (Phi) is 3.38. The first-order chi connectivity index (χ1) is 11.0. The van der Waals surface area contributed by atoms with Crippen molar-refractivity contribution in [2.75, 3.05) is 18.4 Å². The van der Waals surface area contributed by atoms with Gasteiger partial charge < -0.3 is 10.6 Å². The van der Waals surface area contributed by atoms with Gasteiger partial charge in [-0.25, -0.2) is 4.39 Å². The molecule has 0 bridgehead atoms. The summed E-state index contributed by atoms with van der Waals surface area (Å²) in [4.78, 5) is 12.8. The average molecular weight is 351 g/mol. The van der Waals surface area contributed by atoms with E-state index in [1.165, 1.54) is 12.1 Å². The normalized spacial score (nSPS) is 25.7. The Morgan fingerprint density at radius 3 is 2.83 bits per heavy atom. The largest absolute Gasteiger partial charge is 0.325 e. The van der Waals surface area contributed by atoms with Crippen LogP contribution in [0.15, 0.2) is 36.4 Å². The maximum Gasteiger partial charge on any atom is 0.237 e. The molecule has 3 nitrogen and oxygen atoms in total. The number of rotatable bonds is 1. The number of fused-ring (bicyclic) bond motifs is 2. The second-order valence-corrected chi connectivity index (χ2v) is 6.82. The number of carbonyl (C=O) groups is 1. The van der Waals surface area contributed by atoms with E-state index >= 15 is 0 Å². The molecule has 1 saturated heterocycles. The number of hydrogen-bond acceptors (Lipinski definition) is 2. The maximum atomic E-state index is 14.0. The molecule has 23 heavy (non-hydrogen) atoms. The summed E-state index contributed by atoms with van der Waals surface area (Å²) in [6.45, 7) is 1.07. The number of halogens is 3. The van der Waals surface area contributed by atoms with Crippen LogP contribution in [-0.4, -0.2) is 19.0 Å². The molecular weight excluding hydrogens is 338 g/mol. The lowest BCUT2D eigenvalue weighted by Crippen LogP contribution is -2.41. The van der Waals surface area contributed by atoms with Crippen LogP contribution in [0.3, 0.4) is 0 Å². The summed E-state index contributed by atoms with van der Waals surface area (Å²) in [6, 6.07) is 10.3. The average Bonchev–Trinajstić information content (AvgIpc) is 3.06. The highest BCUT2D eigenvalue weighted by molar-refractivity contribution is 6.31. The van der Waals surface area contributed by atoms with E-state index in [-0.39, 0.29) is 16.8 Å². The standard InChI is InChI=1S/C17H13Cl2FN2O/c18-10-3-1-2-9(4-10)12-7-21-8-17(12)11-5-14(20)13(19)6-15(11)22-16(17)23/h1-6,12,21H,7-8H2,(H,22,23)/t12-,17?/m1/s1. The lowest BCUT2D eigenvalue weighted by molar-refractivity contribution is -0.120. The molecule has 2 N–H and O–H groups in total. The third-order valence-corrected chi connectivity index (χ3v) is 5.32. The first kappa shape index (κ1) is 14.9. The highest BCUT2D eigenvalue weighted by Gasteiger charge is 2.55. The van der Waals surface area contributed by atoms with Crippen molar-refractivity contribution in [2.24, 2.45) is 0 Å². The Morgan fingerprint density at radius 2 is 2.04 bits per heavy atom. The van der Waals surface area contributed by atoms with Crippen molar-refractivity contribution in [2.45, 2.75) is 11.3 Å². The number of amides is 1. The highest BCUT2D eigenvalue weighted by atomic mass is 35.5. The SMILES string of the molecule is O=C1Nc2cc(Cl)c(F)cc2C12CNC[C@@H]2c1cccc(Cl)c1. The Bertz CT molecular complexity index is 826. The Morgan fingerprint density at radius 1 is 1.22 bits per heavy atom. The molecule has 2 atom stereocenters. The van der Waals surface area contributed by atoms with Crippen LogP contribution in [-0.2, 0) is 10.2 Å². The van der Waals surface area contributed by atoms with Crippen LogP contribution in [0.1, 0.15) is 17.0 Å². The van der Waals surface area contributed by atoms with Crippen LogP contribution in [0, 0.1) is 5.82 Å². The molecule has 2 aromatic carbocycles. The third kappa shape index (κ3) is 2.09. The first-order valence-electron chi connectivity index (χ1n) is 7.29. The lowest BCUT2D eigenvalue weighted by atomic mass is 9.70. The summed E-state index contributed by atoms with van der Waals surface area (Å²) in [5, 5.41) is 6.74. The molecule has 0 aromatic heterocycles. The number of anilines is 1. The predicted octanol–water partition coefficient (Wildman–Crippen LogP) is 3.71. The van der Waals surface area contributed by atoms with E-state index in [4.69, 9.17) is 23.2 Å². The summed E-state index contributed by atoms with van der Waals surface area (Å²) >= 11 is 12.0. The lowest BCUT2D eigenvalue weighted by Gasteiger charge is -2.29. The first-order valence-corrected chi connectivity index (χ1v) is 8.05. The molecule has 6 heteroatoms. The fourth-order valence-corrected chi connectivity index (χ4v) is 4.10. The highest BCUT2D eigenvalue weighted by Crippen LogP contribution is 2.50. The predicted molar refractivity (Wildman–Crippen MR) is 88.8 cm³/mol. The molecule has 2 aliphatic rings. The summed E-state index contributed by atoms with van der Waals surface area (Å²) < 4.78 is 14.0. The van der Waals surface area contributed by atoms with Crippen molar-refractivity contribution in [3.05, 3.63) is 63.4 Å². The van der Waals surface area contributed by atoms with E-state index in [0.29, 0.717) is 29.4 Å². The van der Waals surface area contributed by atoms with Crippen molar-refractivity contribution in [1.82, 2.24) is 5.32 Å². The van der Waals surface area contributed by atoms with Gasteiger partial charge in [-0.15, -0.1) is 0 Å². The second-order valence-electron chi connectivity index (χ2n) is 5.98. The monoisotopic (exact) mass is 350 g/mol. The molecule has 0 saturated carbocycles. The van der Waals surface area contributed by atoms with Crippen LogP contribution in [0.2, 0.25) is 10.0 Å². The maximum absolute atomic E-state index is 14.0. The fraction of sp³-hybridized carbons (Fsp3) is 0.235. The summed E-state index contributed by atoms with van der Waals surface area (Å²) in [7, 11) is 0. The molecule has 2 aliphatic heterocycles. The molecule has 1 fully saturated rings. The van der Waals surface area contributed by atoms with Crippen molar-refractivity contribution < 1.29 is 9.18 Å². The third-order valence-electron chi connectivity index (χ3n) is 4.79. The summed E-state index contributed by atoms with van der Waals surface area (Å²) in [5.74, 6) is -0.773. The Labute approximate surface area is 142 Å². The van der Waals surface area contributed by atoms with E-state index in [1.54, 1.807) is 6.07 Å². The second kappa shape index (κ2) is 5.20. The van der Waals surface area contributed by atoms with E-state index < -0.39 is 11.2 Å². The van der Waals surface area contributed by atoms with Gasteiger partial charge >= 0.3 is 0 Å². The van der Waals surface area contributed by atoms with Crippen LogP contribution in [0.5, 0.6) is 0 Å². The zero-order valence-electron chi connectivity index (χ0n) is 12.0. The molecule has 2 aromatic rings. The number of carbonyl (C=O) groups excluding carboxylic acids is 1. The van der Waals surface area contributed by atoms with Crippen molar-refractivity contribution >= 4 is 34.8 Å². The minimum Gasteiger partial charge on any atom is -0.325 e. The van der Waals surface area contributed by atoms with Crippen molar-refractivity contribution in [3.63, 3.8) is 0 Å². The van der Waals surface area contributed by atoms with E-state index in [9.17, 15) is 9.18 Å². The molecule has 118 valence electrons. The van der Waals surface area contributed by atoms with Gasteiger partial charge in [0.15, 0.2) is 0 Å².